The molecule has 1 aromatic rings. The Morgan fingerprint density at radius 2 is 2.22 bits per heavy atom. The van der Waals surface area contributed by atoms with Gasteiger partial charge in [0, 0.05) is 11.0 Å². The summed E-state index contributed by atoms with van der Waals surface area (Å²) in [6.45, 7) is 1.60. The molecule has 0 bridgehead atoms. The Bertz CT molecular complexity index is 602. The summed E-state index contributed by atoms with van der Waals surface area (Å²) in [5, 5.41) is 9.07. The van der Waals surface area contributed by atoms with E-state index in [1.807, 2.05) is 0 Å². The third kappa shape index (κ3) is 2.23. The molecule has 1 aromatic carbocycles. The average molecular weight is 335 g/mol. The predicted octanol–water partition coefficient (Wildman–Crippen LogP) is 0.865. The van der Waals surface area contributed by atoms with Crippen molar-refractivity contribution < 1.29 is 18.3 Å². The maximum Gasteiger partial charge on any atom is 0.328 e. The van der Waals surface area contributed by atoms with Gasteiger partial charge in [-0.15, -0.1) is 0 Å². The summed E-state index contributed by atoms with van der Waals surface area (Å²) in [6, 6.07) is 3.88. The second-order valence-corrected chi connectivity index (χ2v) is 6.48. The van der Waals surface area contributed by atoms with Crippen molar-refractivity contribution in [3.8, 4) is 0 Å². The van der Waals surface area contributed by atoms with E-state index in [1.165, 1.54) is 0 Å². The molecule has 8 heteroatoms. The van der Waals surface area contributed by atoms with Crippen molar-refractivity contribution in [1.82, 2.24) is 4.72 Å². The SMILES string of the molecule is Cc1cc(Br)ccc1N1C(C(=O)O)CNS1(=O)=O. The molecule has 18 heavy (non-hydrogen) atoms. The van der Waals surface area contributed by atoms with E-state index in [-0.39, 0.29) is 6.54 Å². The average Bonchev–Trinajstić information content (AvgIpc) is 2.55. The van der Waals surface area contributed by atoms with Gasteiger partial charge in [-0.1, -0.05) is 15.9 Å². The lowest BCUT2D eigenvalue weighted by Gasteiger charge is -2.22. The first kappa shape index (κ1) is 13.3. The van der Waals surface area contributed by atoms with Crippen LogP contribution in [0.4, 0.5) is 5.69 Å². The van der Waals surface area contributed by atoms with Crippen LogP contribution in [0.2, 0.25) is 0 Å². The summed E-state index contributed by atoms with van der Waals surface area (Å²) in [6.07, 6.45) is 0. The lowest BCUT2D eigenvalue weighted by atomic mass is 10.2. The number of anilines is 1. The van der Waals surface area contributed by atoms with E-state index in [0.717, 1.165) is 8.78 Å². The van der Waals surface area contributed by atoms with Crippen LogP contribution >= 0.6 is 15.9 Å². The molecular weight excluding hydrogens is 324 g/mol. The van der Waals surface area contributed by atoms with Gasteiger partial charge in [0.2, 0.25) is 0 Å². The van der Waals surface area contributed by atoms with Gasteiger partial charge in [0.15, 0.2) is 6.04 Å². The van der Waals surface area contributed by atoms with E-state index >= 15 is 0 Å². The van der Waals surface area contributed by atoms with E-state index < -0.39 is 22.2 Å². The molecule has 0 amide bonds. The van der Waals surface area contributed by atoms with Gasteiger partial charge in [0.05, 0.1) is 5.69 Å². The molecule has 0 spiro atoms. The molecule has 1 saturated heterocycles. The molecular formula is C10H11BrN2O4S. The van der Waals surface area contributed by atoms with E-state index in [4.69, 9.17) is 5.11 Å². The third-order valence-electron chi connectivity index (χ3n) is 2.68. The van der Waals surface area contributed by atoms with Crippen LogP contribution in [-0.2, 0) is 15.0 Å². The molecule has 2 rings (SSSR count). The molecule has 2 N–H and O–H groups in total. The first-order chi connectivity index (χ1) is 8.33. The van der Waals surface area contributed by atoms with Gasteiger partial charge in [-0.25, -0.2) is 9.10 Å². The third-order valence-corrected chi connectivity index (χ3v) is 4.68. The maximum atomic E-state index is 11.9. The molecule has 1 atom stereocenters. The Morgan fingerprint density at radius 1 is 1.56 bits per heavy atom. The second-order valence-electron chi connectivity index (χ2n) is 3.93. The number of aliphatic carboxylic acids is 1. The Labute approximate surface area is 113 Å². The fraction of sp³-hybridized carbons (Fsp3) is 0.300. The summed E-state index contributed by atoms with van der Waals surface area (Å²) in [4.78, 5) is 11.1. The van der Waals surface area contributed by atoms with E-state index in [1.54, 1.807) is 25.1 Å². The molecule has 1 unspecified atom stereocenters. The van der Waals surface area contributed by atoms with Crippen LogP contribution in [0.25, 0.3) is 0 Å². The molecule has 0 aliphatic carbocycles. The molecule has 1 heterocycles. The summed E-state index contributed by atoms with van der Waals surface area (Å²) in [5.41, 5.74) is 1.05. The van der Waals surface area contributed by atoms with Crippen LogP contribution in [0.3, 0.4) is 0 Å². The van der Waals surface area contributed by atoms with Crippen LogP contribution in [0, 0.1) is 6.92 Å². The first-order valence-electron chi connectivity index (χ1n) is 5.11. The fourth-order valence-electron chi connectivity index (χ4n) is 1.86. The normalized spacial score (nSPS) is 22.1. The first-order valence-corrected chi connectivity index (χ1v) is 7.34. The zero-order valence-corrected chi connectivity index (χ0v) is 11.8. The standard InChI is InChI=1S/C10H11BrN2O4S/c1-6-4-7(11)2-3-8(6)13-9(10(14)15)5-12-18(13,16)17/h2-4,9,12H,5H2,1H3,(H,14,15). The number of benzene rings is 1. The minimum atomic E-state index is -3.78. The van der Waals surface area contributed by atoms with Crippen LogP contribution < -0.4 is 9.03 Å². The van der Waals surface area contributed by atoms with E-state index in [0.29, 0.717) is 11.3 Å². The number of carboxylic acids is 1. The Kier molecular flexibility index (Phi) is 3.35. The highest BCUT2D eigenvalue weighted by Gasteiger charge is 2.42. The predicted molar refractivity (Wildman–Crippen MR) is 69.7 cm³/mol. The molecule has 0 radical (unpaired) electrons. The Balaban J connectivity index is 2.55. The van der Waals surface area contributed by atoms with Crippen molar-refractivity contribution in [2.45, 2.75) is 13.0 Å². The number of halogens is 1. The van der Waals surface area contributed by atoms with E-state index in [2.05, 4.69) is 20.7 Å². The van der Waals surface area contributed by atoms with Crippen molar-refractivity contribution in [3.63, 3.8) is 0 Å². The minimum absolute atomic E-state index is 0.132. The van der Waals surface area contributed by atoms with E-state index in [9.17, 15) is 13.2 Å². The highest BCUT2D eigenvalue weighted by molar-refractivity contribution is 9.10. The van der Waals surface area contributed by atoms with Crippen LogP contribution in [0.1, 0.15) is 5.56 Å². The maximum absolute atomic E-state index is 11.9. The smallest absolute Gasteiger partial charge is 0.328 e. The number of nitrogens with zero attached hydrogens (tertiary/aromatic N) is 1. The van der Waals surface area contributed by atoms with Gasteiger partial charge in [0.1, 0.15) is 0 Å². The van der Waals surface area contributed by atoms with Gasteiger partial charge in [-0.05, 0) is 30.7 Å². The lowest BCUT2D eigenvalue weighted by Crippen LogP contribution is -2.40. The number of rotatable bonds is 2. The number of carboxylic acid groups (broad SMARTS) is 1. The summed E-state index contributed by atoms with van der Waals surface area (Å²) in [7, 11) is -3.78. The Morgan fingerprint density at radius 3 is 2.78 bits per heavy atom. The van der Waals surface area contributed by atoms with Crippen molar-refractivity contribution in [3.05, 3.63) is 28.2 Å². The number of carbonyl (C=O) groups is 1. The zero-order chi connectivity index (χ0) is 13.5. The number of aryl methyl sites for hydroxylation is 1. The molecule has 1 aliphatic heterocycles. The van der Waals surface area contributed by atoms with Crippen molar-refractivity contribution in [2.24, 2.45) is 0 Å². The van der Waals surface area contributed by atoms with Crippen LogP contribution in [0.15, 0.2) is 22.7 Å². The van der Waals surface area contributed by atoms with Crippen LogP contribution in [0.5, 0.6) is 0 Å². The van der Waals surface area contributed by atoms with Crippen LogP contribution in [-0.4, -0.2) is 32.1 Å². The zero-order valence-electron chi connectivity index (χ0n) is 9.42. The molecule has 6 nitrogen and oxygen atoms in total. The number of hydrogen-bond donors (Lipinski definition) is 2. The molecule has 0 saturated carbocycles. The number of nitrogens with one attached hydrogen (secondary N) is 1. The summed E-state index contributed by atoms with van der Waals surface area (Å²) < 4.78 is 27.7. The highest BCUT2D eigenvalue weighted by Crippen LogP contribution is 2.29. The topological polar surface area (TPSA) is 86.7 Å². The summed E-state index contributed by atoms with van der Waals surface area (Å²) >= 11 is 3.28. The summed E-state index contributed by atoms with van der Waals surface area (Å²) in [5.74, 6) is -1.18. The second kappa shape index (κ2) is 4.52. The monoisotopic (exact) mass is 334 g/mol. The molecule has 98 valence electrons. The van der Waals surface area contributed by atoms with Gasteiger partial charge in [-0.3, -0.25) is 0 Å². The fourth-order valence-corrected chi connectivity index (χ4v) is 3.80. The van der Waals surface area contributed by atoms with Gasteiger partial charge in [-0.2, -0.15) is 13.1 Å². The molecule has 1 fully saturated rings. The lowest BCUT2D eigenvalue weighted by molar-refractivity contribution is -0.137. The molecule has 0 aromatic heterocycles. The van der Waals surface area contributed by atoms with Crippen molar-refractivity contribution >= 4 is 37.8 Å². The van der Waals surface area contributed by atoms with Crippen molar-refractivity contribution in [1.29, 1.82) is 0 Å². The number of hydrogen-bond acceptors (Lipinski definition) is 3. The highest BCUT2D eigenvalue weighted by atomic mass is 79.9. The van der Waals surface area contributed by atoms with Gasteiger partial charge >= 0.3 is 16.2 Å². The van der Waals surface area contributed by atoms with Gasteiger partial charge in [0.25, 0.3) is 0 Å². The molecule has 1 aliphatic rings. The largest absolute Gasteiger partial charge is 0.480 e. The quantitative estimate of drug-likeness (QED) is 0.839. The van der Waals surface area contributed by atoms with Gasteiger partial charge < -0.3 is 5.11 Å². The minimum Gasteiger partial charge on any atom is -0.480 e. The van der Waals surface area contributed by atoms with Crippen molar-refractivity contribution in [2.75, 3.05) is 10.8 Å². The Hall–Kier alpha value is -1.12.